The summed E-state index contributed by atoms with van der Waals surface area (Å²) >= 11 is 0. The summed E-state index contributed by atoms with van der Waals surface area (Å²) in [4.78, 5) is 15.9. The van der Waals surface area contributed by atoms with E-state index in [1.54, 1.807) is 0 Å². The molecule has 198 valence electrons. The minimum atomic E-state index is -0.247. The van der Waals surface area contributed by atoms with Crippen molar-refractivity contribution in [3.63, 3.8) is 0 Å². The zero-order chi connectivity index (χ0) is 28.2. The highest BCUT2D eigenvalue weighted by molar-refractivity contribution is 6.30. The van der Waals surface area contributed by atoms with Crippen molar-refractivity contribution in [2.24, 2.45) is 27.4 Å². The molecule has 5 heterocycles. The molecule has 0 radical (unpaired) electrons. The van der Waals surface area contributed by atoms with E-state index < -0.39 is 0 Å². The highest BCUT2D eigenvalue weighted by Gasteiger charge is 2.40. The molecule has 1 aromatic rings. The third-order valence-electron chi connectivity index (χ3n) is 9.66. The van der Waals surface area contributed by atoms with Gasteiger partial charge in [-0.3, -0.25) is 4.99 Å². The number of allylic oxidation sites excluding steroid dienone is 8. The predicted molar refractivity (Wildman–Crippen MR) is 163 cm³/mol. The van der Waals surface area contributed by atoms with Gasteiger partial charge in [0.25, 0.3) is 0 Å². The molecule has 0 amide bonds. The maximum atomic E-state index is 5.34. The number of hydrogen-bond acceptors (Lipinski definition) is 3. The molecule has 4 nitrogen and oxygen atoms in total. The average molecular weight is 507 g/mol. The Bertz CT molecular complexity index is 1760. The molecular formula is C34H42N4. The van der Waals surface area contributed by atoms with Crippen LogP contribution in [0.25, 0.3) is 11.1 Å². The smallest absolute Gasteiger partial charge is 0.0719 e. The van der Waals surface area contributed by atoms with E-state index in [-0.39, 0.29) is 5.41 Å². The van der Waals surface area contributed by atoms with Crippen LogP contribution in [0.4, 0.5) is 0 Å². The first-order chi connectivity index (χ1) is 17.6. The largest absolute Gasteiger partial charge is 0.344 e. The Balaban J connectivity index is 2.02. The van der Waals surface area contributed by atoms with Crippen LogP contribution in [0.5, 0.6) is 0 Å². The number of rotatable bonds is 0. The second kappa shape index (κ2) is 8.36. The van der Waals surface area contributed by atoms with E-state index >= 15 is 0 Å². The van der Waals surface area contributed by atoms with Crippen LogP contribution >= 0.6 is 0 Å². The molecule has 0 spiro atoms. The van der Waals surface area contributed by atoms with Crippen LogP contribution in [0.1, 0.15) is 87.3 Å². The topological polar surface area (TPSA) is 42.0 Å². The fourth-order valence-corrected chi connectivity index (χ4v) is 7.45. The van der Waals surface area contributed by atoms with E-state index in [2.05, 4.69) is 102 Å². The van der Waals surface area contributed by atoms with Crippen LogP contribution in [0.3, 0.4) is 0 Å². The quantitative estimate of drug-likeness (QED) is 0.368. The maximum Gasteiger partial charge on any atom is 0.0719 e. The Labute approximate surface area is 228 Å². The fourth-order valence-electron chi connectivity index (χ4n) is 7.45. The van der Waals surface area contributed by atoms with Crippen molar-refractivity contribution in [1.82, 2.24) is 4.57 Å². The minimum absolute atomic E-state index is 0.247. The third kappa shape index (κ3) is 3.25. The summed E-state index contributed by atoms with van der Waals surface area (Å²) in [5, 5.41) is 2.50. The number of nitrogens with zero attached hydrogens (tertiary/aromatic N) is 4. The van der Waals surface area contributed by atoms with E-state index in [9.17, 15) is 0 Å². The molecule has 38 heavy (non-hydrogen) atoms. The highest BCUT2D eigenvalue weighted by Crippen LogP contribution is 2.47. The van der Waals surface area contributed by atoms with Gasteiger partial charge in [0.2, 0.25) is 0 Å². The molecule has 4 heteroatoms. The van der Waals surface area contributed by atoms with Crippen molar-refractivity contribution < 1.29 is 0 Å². The van der Waals surface area contributed by atoms with Gasteiger partial charge in [-0.1, -0.05) is 13.8 Å². The fraction of sp³-hybridized carbons (Fsp3) is 0.441. The summed E-state index contributed by atoms with van der Waals surface area (Å²) in [5.74, 6) is 0. The Morgan fingerprint density at radius 2 is 0.921 bits per heavy atom. The van der Waals surface area contributed by atoms with Crippen molar-refractivity contribution >= 4 is 28.3 Å². The third-order valence-corrected chi connectivity index (χ3v) is 9.66. The van der Waals surface area contributed by atoms with Crippen molar-refractivity contribution in [2.75, 3.05) is 0 Å². The Hall–Kier alpha value is -3.27. The molecule has 0 fully saturated rings. The first kappa shape index (κ1) is 26.3. The molecule has 0 unspecified atom stereocenters. The lowest BCUT2D eigenvalue weighted by atomic mass is 9.74. The normalized spacial score (nSPS) is 21.5. The van der Waals surface area contributed by atoms with Gasteiger partial charge in [-0.15, -0.1) is 0 Å². The van der Waals surface area contributed by atoms with Gasteiger partial charge in [0, 0.05) is 28.9 Å². The first-order valence-corrected chi connectivity index (χ1v) is 13.7. The van der Waals surface area contributed by atoms with E-state index in [1.165, 1.54) is 66.4 Å². The van der Waals surface area contributed by atoms with Crippen LogP contribution in [-0.2, 0) is 7.05 Å². The summed E-state index contributed by atoms with van der Waals surface area (Å²) in [6.07, 6.45) is 0. The maximum absolute atomic E-state index is 5.34. The molecule has 0 atom stereocenters. The van der Waals surface area contributed by atoms with Crippen molar-refractivity contribution in [1.29, 1.82) is 0 Å². The van der Waals surface area contributed by atoms with Crippen LogP contribution in [0.2, 0.25) is 0 Å². The Morgan fingerprint density at radius 1 is 0.500 bits per heavy atom. The molecule has 1 aromatic heterocycles. The molecule has 0 N–H and O–H groups in total. The van der Waals surface area contributed by atoms with Crippen LogP contribution in [0.15, 0.2) is 71.1 Å². The second-order valence-corrected chi connectivity index (χ2v) is 12.2. The van der Waals surface area contributed by atoms with Crippen molar-refractivity contribution in [3.8, 4) is 0 Å². The minimum Gasteiger partial charge on any atom is -0.344 e. The van der Waals surface area contributed by atoms with Crippen molar-refractivity contribution in [3.05, 3.63) is 77.9 Å². The molecule has 0 aromatic carbocycles. The van der Waals surface area contributed by atoms with Gasteiger partial charge >= 0.3 is 0 Å². The Morgan fingerprint density at radius 3 is 1.37 bits per heavy atom. The lowest BCUT2D eigenvalue weighted by Gasteiger charge is -2.28. The molecule has 0 aliphatic carbocycles. The van der Waals surface area contributed by atoms with Gasteiger partial charge in [0.05, 0.1) is 28.5 Å². The number of aliphatic imine (C=N–C) groups is 3. The van der Waals surface area contributed by atoms with Gasteiger partial charge in [-0.2, -0.15) is 0 Å². The highest BCUT2D eigenvalue weighted by atomic mass is 14.9. The lowest BCUT2D eigenvalue weighted by molar-refractivity contribution is 0.641. The summed E-state index contributed by atoms with van der Waals surface area (Å²) < 4.78 is 2.37. The summed E-state index contributed by atoms with van der Waals surface area (Å²) in [6, 6.07) is 0. The molecule has 5 rings (SSSR count). The predicted octanol–water partition coefficient (Wildman–Crippen LogP) is 6.88. The molecule has 4 aliphatic heterocycles. The number of aromatic nitrogens is 1. The molecule has 4 aliphatic rings. The monoisotopic (exact) mass is 506 g/mol. The first-order valence-electron chi connectivity index (χ1n) is 13.7. The Kier molecular flexibility index (Phi) is 5.80. The van der Waals surface area contributed by atoms with Gasteiger partial charge < -0.3 is 4.57 Å². The van der Waals surface area contributed by atoms with E-state index in [1.807, 2.05) is 0 Å². The SMILES string of the molecule is CC1=C2C(C)=C3N=C(C(C)=C3C)C(C)=c3c(C)c(C)c(n3C)=C(C)C3=NC(=C(C)C(=N1)C2(C)C)C(C)=C3C. The zero-order valence-corrected chi connectivity index (χ0v) is 25.8. The van der Waals surface area contributed by atoms with Crippen LogP contribution in [0, 0.1) is 19.3 Å². The summed E-state index contributed by atoms with van der Waals surface area (Å²) in [5.41, 5.74) is 20.0. The average Bonchev–Trinajstić information content (AvgIpc) is 3.47. The van der Waals surface area contributed by atoms with Gasteiger partial charge in [-0.25, -0.2) is 9.98 Å². The van der Waals surface area contributed by atoms with E-state index in [4.69, 9.17) is 15.0 Å². The van der Waals surface area contributed by atoms with Crippen molar-refractivity contribution in [2.45, 2.75) is 90.0 Å². The summed E-state index contributed by atoms with van der Waals surface area (Å²) in [6.45, 7) is 29.0. The molecular weight excluding hydrogens is 464 g/mol. The van der Waals surface area contributed by atoms with Gasteiger partial charge in [0.1, 0.15) is 0 Å². The van der Waals surface area contributed by atoms with E-state index in [0.717, 1.165) is 39.8 Å². The molecule has 8 bridgehead atoms. The van der Waals surface area contributed by atoms with Crippen LogP contribution in [-0.4, -0.2) is 21.7 Å². The van der Waals surface area contributed by atoms with Gasteiger partial charge in [0.15, 0.2) is 0 Å². The zero-order valence-electron chi connectivity index (χ0n) is 25.8. The lowest BCUT2D eigenvalue weighted by Crippen LogP contribution is -2.30. The van der Waals surface area contributed by atoms with Gasteiger partial charge in [-0.05, 0) is 137 Å². The summed E-state index contributed by atoms with van der Waals surface area (Å²) in [7, 11) is 2.19. The van der Waals surface area contributed by atoms with E-state index in [0.29, 0.717) is 0 Å². The molecule has 0 saturated heterocycles. The second-order valence-electron chi connectivity index (χ2n) is 12.2. The number of hydrogen-bond donors (Lipinski definition) is 0. The number of fused-ring (bicyclic) bond motifs is 6. The standard InChI is InChI=1S/C34H42N4/c1-15-16(2)28-22(8)31-19(5)20(6)32(38(31)14)23(9)29-17(3)18(4)30(37-29)24(10)33-34(12,13)26(25(11)35-33)21(7)27(15)36-28/h1-14H3. The van der Waals surface area contributed by atoms with Crippen LogP contribution < -0.4 is 10.7 Å². The molecule has 0 saturated carbocycles.